The Morgan fingerprint density at radius 2 is 1.97 bits per heavy atom. The standard InChI is InChI=1S/C28H31FN4O4/c1-17-16-37-11-10-32(17)8-9-33-25-22(12-19(15-30-25)18-2-4-20(29)5-3-18)24(34)23(27(33)36)26(35)31-21-13-28(14-21)6-7-28/h2-5,12,15,17,21,34H,6-11,13-14,16H2,1H3,(H,31,35)/t17-/m1/s1. The van der Waals surface area contributed by atoms with E-state index >= 15 is 0 Å². The molecule has 0 bridgehead atoms. The molecular weight excluding hydrogens is 475 g/mol. The number of carbonyl (C=O) groups excluding carboxylic acids is 1. The van der Waals surface area contributed by atoms with Crippen LogP contribution in [0.1, 0.15) is 43.0 Å². The van der Waals surface area contributed by atoms with Crippen LogP contribution in [0.25, 0.3) is 22.2 Å². The third kappa shape index (κ3) is 4.51. The number of pyridine rings is 2. The number of hydrogen-bond acceptors (Lipinski definition) is 6. The number of nitrogens with zero attached hydrogens (tertiary/aromatic N) is 3. The van der Waals surface area contributed by atoms with Crippen molar-refractivity contribution >= 4 is 16.9 Å². The van der Waals surface area contributed by atoms with Gasteiger partial charge in [-0.3, -0.25) is 19.1 Å². The van der Waals surface area contributed by atoms with E-state index in [-0.39, 0.29) is 29.2 Å². The van der Waals surface area contributed by atoms with Crippen LogP contribution in [0.2, 0.25) is 0 Å². The Morgan fingerprint density at radius 3 is 2.68 bits per heavy atom. The van der Waals surface area contributed by atoms with E-state index in [0.29, 0.717) is 53.9 Å². The van der Waals surface area contributed by atoms with Gasteiger partial charge in [-0.05, 0) is 61.8 Å². The highest BCUT2D eigenvalue weighted by molar-refractivity contribution is 6.02. The summed E-state index contributed by atoms with van der Waals surface area (Å²) >= 11 is 0. The summed E-state index contributed by atoms with van der Waals surface area (Å²) in [6.07, 6.45) is 5.85. The molecule has 1 saturated heterocycles. The van der Waals surface area contributed by atoms with Crippen molar-refractivity contribution in [3.8, 4) is 16.9 Å². The monoisotopic (exact) mass is 506 g/mol. The van der Waals surface area contributed by atoms with Crippen molar-refractivity contribution < 1.29 is 19.0 Å². The summed E-state index contributed by atoms with van der Waals surface area (Å²) in [6.45, 7) is 4.99. The van der Waals surface area contributed by atoms with E-state index in [1.54, 1.807) is 24.4 Å². The summed E-state index contributed by atoms with van der Waals surface area (Å²) < 4.78 is 20.5. The van der Waals surface area contributed by atoms with Crippen molar-refractivity contribution in [1.29, 1.82) is 0 Å². The zero-order valence-electron chi connectivity index (χ0n) is 20.9. The number of morpholine rings is 1. The minimum atomic E-state index is -0.550. The number of rotatable bonds is 6. The summed E-state index contributed by atoms with van der Waals surface area (Å²) in [5, 5.41) is 14.5. The fraction of sp³-hybridized carbons (Fsp3) is 0.464. The molecule has 0 unspecified atom stereocenters. The maximum absolute atomic E-state index is 13.6. The van der Waals surface area contributed by atoms with E-state index in [4.69, 9.17) is 4.74 Å². The maximum atomic E-state index is 13.6. The predicted octanol–water partition coefficient (Wildman–Crippen LogP) is 3.30. The lowest BCUT2D eigenvalue weighted by Gasteiger charge is -2.36. The van der Waals surface area contributed by atoms with Crippen LogP contribution in [0.3, 0.4) is 0 Å². The molecule has 1 aromatic carbocycles. The normalized spacial score (nSPS) is 21.2. The topological polar surface area (TPSA) is 96.7 Å². The lowest BCUT2D eigenvalue weighted by atomic mass is 9.77. The van der Waals surface area contributed by atoms with Crippen molar-refractivity contribution in [2.75, 3.05) is 26.3 Å². The van der Waals surface area contributed by atoms with E-state index < -0.39 is 11.5 Å². The van der Waals surface area contributed by atoms with Gasteiger partial charge in [0.1, 0.15) is 22.8 Å². The molecule has 1 atom stereocenters. The average Bonchev–Trinajstić information content (AvgIpc) is 3.66. The summed E-state index contributed by atoms with van der Waals surface area (Å²) in [5.41, 5.74) is 1.27. The number of aromatic hydroxyl groups is 1. The number of carbonyl (C=O) groups is 1. The van der Waals surface area contributed by atoms with Gasteiger partial charge in [-0.1, -0.05) is 12.1 Å². The smallest absolute Gasteiger partial charge is 0.268 e. The molecule has 3 aromatic rings. The van der Waals surface area contributed by atoms with Gasteiger partial charge >= 0.3 is 0 Å². The zero-order chi connectivity index (χ0) is 25.7. The van der Waals surface area contributed by atoms with E-state index in [1.807, 2.05) is 0 Å². The fourth-order valence-electron chi connectivity index (χ4n) is 5.78. The highest BCUT2D eigenvalue weighted by atomic mass is 19.1. The Labute approximate surface area is 214 Å². The molecular formula is C28H31FN4O4. The molecule has 9 heteroatoms. The molecule has 1 amide bonds. The second kappa shape index (κ2) is 9.22. The molecule has 2 N–H and O–H groups in total. The Kier molecular flexibility index (Phi) is 6.00. The van der Waals surface area contributed by atoms with Gasteiger partial charge in [0.25, 0.3) is 11.5 Å². The Balaban J connectivity index is 1.39. The average molecular weight is 507 g/mol. The maximum Gasteiger partial charge on any atom is 0.268 e. The first-order chi connectivity index (χ1) is 17.8. The van der Waals surface area contributed by atoms with Gasteiger partial charge in [-0.2, -0.15) is 0 Å². The van der Waals surface area contributed by atoms with Gasteiger partial charge in [-0.15, -0.1) is 0 Å². The van der Waals surface area contributed by atoms with Crippen LogP contribution >= 0.6 is 0 Å². The molecule has 3 aliphatic rings. The summed E-state index contributed by atoms with van der Waals surface area (Å²) in [6, 6.07) is 7.91. The summed E-state index contributed by atoms with van der Waals surface area (Å²) in [5.74, 6) is -1.27. The lowest BCUT2D eigenvalue weighted by molar-refractivity contribution is -0.00163. The molecule has 1 spiro atoms. The molecule has 8 nitrogen and oxygen atoms in total. The number of ether oxygens (including phenoxy) is 1. The van der Waals surface area contributed by atoms with Crippen LogP contribution in [0.15, 0.2) is 41.3 Å². The van der Waals surface area contributed by atoms with Gasteiger partial charge in [-0.25, -0.2) is 9.37 Å². The lowest BCUT2D eigenvalue weighted by Crippen LogP contribution is -2.47. The van der Waals surface area contributed by atoms with Crippen LogP contribution < -0.4 is 10.9 Å². The van der Waals surface area contributed by atoms with Crippen LogP contribution in [0, 0.1) is 11.2 Å². The number of nitrogens with one attached hydrogen (secondary N) is 1. The van der Waals surface area contributed by atoms with E-state index in [9.17, 15) is 19.1 Å². The van der Waals surface area contributed by atoms with Crippen molar-refractivity contribution in [2.45, 2.75) is 51.2 Å². The summed E-state index contributed by atoms with van der Waals surface area (Å²) in [4.78, 5) is 33.7. The molecule has 0 radical (unpaired) electrons. The minimum Gasteiger partial charge on any atom is -0.506 e. The van der Waals surface area contributed by atoms with E-state index in [0.717, 1.165) is 19.4 Å². The highest BCUT2D eigenvalue weighted by Gasteiger charge is 2.53. The Hall–Kier alpha value is -3.30. The largest absolute Gasteiger partial charge is 0.506 e. The number of halogens is 1. The molecule has 2 aromatic heterocycles. The number of hydrogen-bond donors (Lipinski definition) is 2. The van der Waals surface area contributed by atoms with Gasteiger partial charge in [0, 0.05) is 43.5 Å². The molecule has 3 fully saturated rings. The Bertz CT molecular complexity index is 1410. The Morgan fingerprint density at radius 1 is 1.22 bits per heavy atom. The number of aromatic nitrogens is 2. The first-order valence-corrected chi connectivity index (χ1v) is 13.0. The highest BCUT2D eigenvalue weighted by Crippen LogP contribution is 2.60. The van der Waals surface area contributed by atoms with Crippen molar-refractivity contribution in [3.63, 3.8) is 0 Å². The SMILES string of the molecule is C[C@@H]1COCCN1CCn1c(=O)c(C(=O)NC2CC3(CC3)C2)c(O)c2cc(-c3ccc(F)cc3)cnc21. The third-order valence-corrected chi connectivity index (χ3v) is 8.25. The van der Waals surface area contributed by atoms with Gasteiger partial charge in [0.2, 0.25) is 0 Å². The van der Waals surface area contributed by atoms with Gasteiger partial charge < -0.3 is 15.2 Å². The first-order valence-electron chi connectivity index (χ1n) is 13.0. The van der Waals surface area contributed by atoms with Gasteiger partial charge in [0.05, 0.1) is 18.6 Å². The van der Waals surface area contributed by atoms with Crippen LogP contribution in [-0.2, 0) is 11.3 Å². The third-order valence-electron chi connectivity index (χ3n) is 8.25. The van der Waals surface area contributed by atoms with Crippen LogP contribution in [0.5, 0.6) is 5.75 Å². The number of amides is 1. The fourth-order valence-corrected chi connectivity index (χ4v) is 5.78. The van der Waals surface area contributed by atoms with Crippen molar-refractivity contribution in [2.24, 2.45) is 5.41 Å². The molecule has 6 rings (SSSR count). The second-order valence-corrected chi connectivity index (χ2v) is 10.8. The molecule has 3 heterocycles. The quantitative estimate of drug-likeness (QED) is 0.533. The molecule has 2 aliphatic carbocycles. The summed E-state index contributed by atoms with van der Waals surface area (Å²) in [7, 11) is 0. The van der Waals surface area contributed by atoms with E-state index in [1.165, 1.54) is 29.5 Å². The second-order valence-electron chi connectivity index (χ2n) is 10.8. The van der Waals surface area contributed by atoms with Crippen molar-refractivity contribution in [1.82, 2.24) is 19.8 Å². The minimum absolute atomic E-state index is 0.0239. The predicted molar refractivity (Wildman–Crippen MR) is 137 cm³/mol. The van der Waals surface area contributed by atoms with Gasteiger partial charge in [0.15, 0.2) is 0 Å². The molecule has 1 aliphatic heterocycles. The molecule has 194 valence electrons. The van der Waals surface area contributed by atoms with Crippen LogP contribution in [-0.4, -0.2) is 63.9 Å². The zero-order valence-corrected chi connectivity index (χ0v) is 20.9. The number of benzene rings is 1. The molecule has 37 heavy (non-hydrogen) atoms. The van der Waals surface area contributed by atoms with Crippen LogP contribution in [0.4, 0.5) is 4.39 Å². The molecule has 2 saturated carbocycles. The van der Waals surface area contributed by atoms with Crippen molar-refractivity contribution in [3.05, 3.63) is 58.3 Å². The first kappa shape index (κ1) is 24.1. The number of fused-ring (bicyclic) bond motifs is 1. The van der Waals surface area contributed by atoms with E-state index in [2.05, 4.69) is 22.1 Å².